The summed E-state index contributed by atoms with van der Waals surface area (Å²) >= 11 is 0. The van der Waals surface area contributed by atoms with Gasteiger partial charge in [-0.3, -0.25) is 4.79 Å². The lowest BCUT2D eigenvalue weighted by atomic mass is 10.2. The summed E-state index contributed by atoms with van der Waals surface area (Å²) in [7, 11) is 0. The summed E-state index contributed by atoms with van der Waals surface area (Å²) in [6.07, 6.45) is 26.5. The monoisotopic (exact) mass is 376 g/mol. The molecule has 0 aliphatic heterocycles. The maximum absolute atomic E-state index is 11.1. The predicted octanol–water partition coefficient (Wildman–Crippen LogP) is 4.95. The number of nitrogens with one attached hydrogen (secondary N) is 1. The van der Waals surface area contributed by atoms with Crippen LogP contribution in [0.3, 0.4) is 0 Å². The molecule has 0 atom stereocenters. The fourth-order valence-corrected chi connectivity index (χ4v) is 2.16. The molecule has 0 unspecified atom stereocenters. The van der Waals surface area contributed by atoms with Crippen LogP contribution in [-0.4, -0.2) is 25.2 Å². The molecule has 152 valence electrons. The first-order valence-corrected chi connectivity index (χ1v) is 9.95. The van der Waals surface area contributed by atoms with Crippen LogP contribution in [0.5, 0.6) is 0 Å². The highest BCUT2D eigenvalue weighted by molar-refractivity contribution is 5.78. The zero-order valence-corrected chi connectivity index (χ0v) is 16.7. The number of allylic oxidation sites excluding steroid dienone is 8. The Kier molecular flexibility index (Phi) is 18.3. The first kappa shape index (κ1) is 24.7. The number of hydrogen-bond donors (Lipinski definition) is 2. The molecule has 5 heteroatoms. The van der Waals surface area contributed by atoms with Gasteiger partial charge in [-0.2, -0.15) is 0 Å². The molecule has 0 aromatic heterocycles. The van der Waals surface area contributed by atoms with Gasteiger partial charge in [-0.15, -0.1) is 0 Å². The molecule has 0 aromatic rings. The molecule has 5 nitrogen and oxygen atoms in total. The van der Waals surface area contributed by atoms with E-state index < -0.39 is 12.0 Å². The largest absolute Gasteiger partial charge is 0.439 e. The van der Waals surface area contributed by atoms with Crippen LogP contribution in [0.4, 0.5) is 4.79 Å². The number of ether oxygens (including phenoxy) is 1. The minimum atomic E-state index is -0.661. The second-order valence-corrected chi connectivity index (χ2v) is 6.20. The van der Waals surface area contributed by atoms with Crippen LogP contribution in [-0.2, 0) is 9.53 Å². The Balaban J connectivity index is 3.46. The minimum Gasteiger partial charge on any atom is -0.439 e. The van der Waals surface area contributed by atoms with Crippen LogP contribution in [0.1, 0.15) is 64.7 Å². The van der Waals surface area contributed by atoms with Gasteiger partial charge in [0.25, 0.3) is 5.91 Å². The van der Waals surface area contributed by atoms with E-state index in [0.29, 0.717) is 6.54 Å². The van der Waals surface area contributed by atoms with E-state index in [1.165, 1.54) is 25.7 Å². The number of primary amides is 1. The molecule has 2 amide bonds. The van der Waals surface area contributed by atoms with Gasteiger partial charge in [0.1, 0.15) is 0 Å². The first-order chi connectivity index (χ1) is 13.2. The first-order valence-electron chi connectivity index (χ1n) is 9.95. The lowest BCUT2D eigenvalue weighted by Gasteiger charge is -2.03. The summed E-state index contributed by atoms with van der Waals surface area (Å²) in [5.74, 6) is -0.661. The second kappa shape index (κ2) is 20.0. The molecule has 0 fully saturated rings. The SMILES string of the molecule is CCCCC/C=C\C/C=C\C/C=C\C/C=C\CCCNC(=O)OCC(N)=O. The van der Waals surface area contributed by atoms with Gasteiger partial charge in [-0.05, 0) is 44.9 Å². The van der Waals surface area contributed by atoms with Crippen molar-refractivity contribution in [3.63, 3.8) is 0 Å². The molecule has 0 aliphatic rings. The Hall–Kier alpha value is -2.30. The van der Waals surface area contributed by atoms with Gasteiger partial charge < -0.3 is 15.8 Å². The van der Waals surface area contributed by atoms with E-state index in [1.807, 2.05) is 0 Å². The van der Waals surface area contributed by atoms with Crippen molar-refractivity contribution in [2.75, 3.05) is 13.2 Å². The highest BCUT2D eigenvalue weighted by Gasteiger charge is 2.02. The van der Waals surface area contributed by atoms with Gasteiger partial charge in [0.05, 0.1) is 0 Å². The number of amides is 2. The summed E-state index contributed by atoms with van der Waals surface area (Å²) in [5, 5.41) is 2.56. The highest BCUT2D eigenvalue weighted by Crippen LogP contribution is 2.01. The third kappa shape index (κ3) is 21.7. The van der Waals surface area contributed by atoms with Gasteiger partial charge in [0.2, 0.25) is 0 Å². The van der Waals surface area contributed by atoms with Crippen molar-refractivity contribution in [2.24, 2.45) is 5.73 Å². The zero-order valence-electron chi connectivity index (χ0n) is 16.7. The van der Waals surface area contributed by atoms with Crippen LogP contribution in [0, 0.1) is 0 Å². The molecule has 0 aliphatic carbocycles. The molecular weight excluding hydrogens is 340 g/mol. The summed E-state index contributed by atoms with van der Waals surface area (Å²) in [6, 6.07) is 0. The fraction of sp³-hybridized carbons (Fsp3) is 0.545. The van der Waals surface area contributed by atoms with E-state index >= 15 is 0 Å². The number of carbonyl (C=O) groups excluding carboxylic acids is 2. The number of alkyl carbamates (subject to hydrolysis) is 1. The van der Waals surface area contributed by atoms with Crippen LogP contribution in [0.2, 0.25) is 0 Å². The van der Waals surface area contributed by atoms with Crippen molar-refractivity contribution in [2.45, 2.75) is 64.7 Å². The zero-order chi connectivity index (χ0) is 20.0. The molecule has 0 saturated heterocycles. The van der Waals surface area contributed by atoms with E-state index in [0.717, 1.165) is 32.1 Å². The highest BCUT2D eigenvalue weighted by atomic mass is 16.6. The van der Waals surface area contributed by atoms with Crippen LogP contribution < -0.4 is 11.1 Å². The van der Waals surface area contributed by atoms with Crippen LogP contribution >= 0.6 is 0 Å². The lowest BCUT2D eigenvalue weighted by molar-refractivity contribution is -0.120. The Morgan fingerprint density at radius 3 is 1.85 bits per heavy atom. The van der Waals surface area contributed by atoms with Gasteiger partial charge in [-0.1, -0.05) is 68.4 Å². The lowest BCUT2D eigenvalue weighted by Crippen LogP contribution is -2.29. The number of unbranched alkanes of at least 4 members (excludes halogenated alkanes) is 4. The fourth-order valence-electron chi connectivity index (χ4n) is 2.16. The Morgan fingerprint density at radius 2 is 1.33 bits per heavy atom. The van der Waals surface area contributed by atoms with Crippen molar-refractivity contribution in [3.8, 4) is 0 Å². The van der Waals surface area contributed by atoms with Gasteiger partial charge >= 0.3 is 6.09 Å². The van der Waals surface area contributed by atoms with Crippen molar-refractivity contribution in [1.82, 2.24) is 5.32 Å². The number of rotatable bonds is 16. The van der Waals surface area contributed by atoms with Gasteiger partial charge in [0, 0.05) is 6.54 Å². The van der Waals surface area contributed by atoms with E-state index in [4.69, 9.17) is 5.73 Å². The molecule has 3 N–H and O–H groups in total. The molecule has 0 spiro atoms. The van der Waals surface area contributed by atoms with E-state index in [-0.39, 0.29) is 6.61 Å². The van der Waals surface area contributed by atoms with E-state index in [2.05, 4.69) is 65.6 Å². The minimum absolute atomic E-state index is 0.386. The Morgan fingerprint density at radius 1 is 0.815 bits per heavy atom. The maximum atomic E-state index is 11.1. The topological polar surface area (TPSA) is 81.4 Å². The smallest absolute Gasteiger partial charge is 0.407 e. The number of nitrogens with two attached hydrogens (primary N) is 1. The Bertz CT molecular complexity index is 494. The molecule has 0 radical (unpaired) electrons. The summed E-state index contributed by atoms with van der Waals surface area (Å²) in [5.41, 5.74) is 4.87. The third-order valence-corrected chi connectivity index (χ3v) is 3.62. The standard InChI is InChI=1S/C22H36N2O3/c1-2-3-4-5-6-7-8-9-10-11-12-13-14-15-16-17-18-19-24-22(26)27-20-21(23)25/h6-7,9-10,12-13,15-16H,2-5,8,11,14,17-20H2,1H3,(H2,23,25)(H,24,26)/b7-6-,10-9-,13-12-,16-15-. The average molecular weight is 377 g/mol. The Labute approximate surface area is 164 Å². The van der Waals surface area contributed by atoms with E-state index in [9.17, 15) is 9.59 Å². The van der Waals surface area contributed by atoms with Crippen molar-refractivity contribution >= 4 is 12.0 Å². The molecule has 0 saturated carbocycles. The average Bonchev–Trinajstić information content (AvgIpc) is 2.65. The number of carbonyl (C=O) groups is 2. The van der Waals surface area contributed by atoms with Gasteiger partial charge in [0.15, 0.2) is 6.61 Å². The molecule has 0 rings (SSSR count). The molecule has 0 bridgehead atoms. The quantitative estimate of drug-likeness (QED) is 0.295. The predicted molar refractivity (Wildman–Crippen MR) is 112 cm³/mol. The van der Waals surface area contributed by atoms with Crippen molar-refractivity contribution in [3.05, 3.63) is 48.6 Å². The third-order valence-electron chi connectivity index (χ3n) is 3.62. The van der Waals surface area contributed by atoms with E-state index in [1.54, 1.807) is 0 Å². The summed E-state index contributed by atoms with van der Waals surface area (Å²) in [4.78, 5) is 21.6. The molecule has 0 heterocycles. The number of hydrogen-bond acceptors (Lipinski definition) is 3. The van der Waals surface area contributed by atoms with Crippen LogP contribution in [0.25, 0.3) is 0 Å². The molecular formula is C22H36N2O3. The van der Waals surface area contributed by atoms with Crippen LogP contribution in [0.15, 0.2) is 48.6 Å². The maximum Gasteiger partial charge on any atom is 0.407 e. The second-order valence-electron chi connectivity index (χ2n) is 6.20. The van der Waals surface area contributed by atoms with Crippen molar-refractivity contribution in [1.29, 1.82) is 0 Å². The summed E-state index contributed by atoms with van der Waals surface area (Å²) < 4.78 is 4.58. The molecule has 0 aromatic carbocycles. The van der Waals surface area contributed by atoms with Crippen molar-refractivity contribution < 1.29 is 14.3 Å². The normalized spacial score (nSPS) is 11.9. The van der Waals surface area contributed by atoms with Gasteiger partial charge in [-0.25, -0.2) is 4.79 Å². The summed E-state index contributed by atoms with van der Waals surface area (Å²) in [6.45, 7) is 2.35. The molecule has 27 heavy (non-hydrogen) atoms.